The van der Waals surface area contributed by atoms with E-state index in [1.165, 1.54) is 0 Å². The van der Waals surface area contributed by atoms with Crippen molar-refractivity contribution in [2.45, 2.75) is 29.7 Å². The van der Waals surface area contributed by atoms with Gasteiger partial charge in [-0.2, -0.15) is 0 Å². The minimum absolute atomic E-state index is 0.0937. The van der Waals surface area contributed by atoms with Crippen molar-refractivity contribution in [1.82, 2.24) is 15.4 Å². The van der Waals surface area contributed by atoms with Gasteiger partial charge in [-0.25, -0.2) is 17.9 Å². The molecule has 1 saturated heterocycles. The van der Waals surface area contributed by atoms with Crippen molar-refractivity contribution in [2.24, 2.45) is 5.92 Å². The highest BCUT2D eigenvalue weighted by Gasteiger charge is 2.54. The van der Waals surface area contributed by atoms with Crippen molar-refractivity contribution in [1.29, 1.82) is 0 Å². The Morgan fingerprint density at radius 3 is 2.32 bits per heavy atom. The maximum absolute atomic E-state index is 12.7. The fourth-order valence-corrected chi connectivity index (χ4v) is 5.16. The average Bonchev–Trinajstić information content (AvgIpc) is 3.23. The lowest BCUT2D eigenvalue weighted by atomic mass is 9.87. The lowest BCUT2D eigenvalue weighted by Gasteiger charge is -2.28. The molecule has 1 aliphatic heterocycles. The maximum Gasteiger partial charge on any atom is 0.322 e. The topological polar surface area (TPSA) is 104 Å². The van der Waals surface area contributed by atoms with Gasteiger partial charge < -0.3 is 5.32 Å². The summed E-state index contributed by atoms with van der Waals surface area (Å²) in [4.78, 5) is 23.9. The van der Waals surface area contributed by atoms with Crippen molar-refractivity contribution < 1.29 is 18.0 Å². The predicted octanol–water partition coefficient (Wildman–Crippen LogP) is 2.01. The molecule has 2 aliphatic rings. The Morgan fingerprint density at radius 1 is 1.00 bits per heavy atom. The van der Waals surface area contributed by atoms with Gasteiger partial charge in [-0.05, 0) is 36.1 Å². The van der Waals surface area contributed by atoms with Crippen molar-refractivity contribution in [3.63, 3.8) is 0 Å². The molecule has 3 N–H and O–H groups in total. The van der Waals surface area contributed by atoms with Gasteiger partial charge in [-0.3, -0.25) is 10.1 Å². The molecule has 2 fully saturated rings. The summed E-state index contributed by atoms with van der Waals surface area (Å²) in [5.41, 5.74) is 0.937. The van der Waals surface area contributed by atoms with Crippen LogP contribution in [0.25, 0.3) is 11.1 Å². The number of benzene rings is 2. The lowest BCUT2D eigenvalue weighted by molar-refractivity contribution is -0.125. The number of carbonyl (C=O) groups excluding carboxylic acids is 2. The van der Waals surface area contributed by atoms with Crippen molar-refractivity contribution >= 4 is 22.0 Å². The third-order valence-electron chi connectivity index (χ3n) is 5.58. The van der Waals surface area contributed by atoms with Crippen LogP contribution in [0.1, 0.15) is 19.3 Å². The number of amides is 3. The van der Waals surface area contributed by atoms with E-state index in [4.69, 9.17) is 0 Å². The van der Waals surface area contributed by atoms with E-state index < -0.39 is 21.6 Å². The first kappa shape index (κ1) is 18.6. The van der Waals surface area contributed by atoms with E-state index >= 15 is 0 Å². The number of rotatable bonds is 5. The second kappa shape index (κ2) is 7.03. The van der Waals surface area contributed by atoms with Gasteiger partial charge in [-0.1, -0.05) is 48.9 Å². The molecule has 0 radical (unpaired) electrons. The number of carbonyl (C=O) groups is 2. The summed E-state index contributed by atoms with van der Waals surface area (Å²) in [6, 6.07) is 15.9. The molecule has 28 heavy (non-hydrogen) atoms. The van der Waals surface area contributed by atoms with Gasteiger partial charge in [0.2, 0.25) is 10.0 Å². The molecule has 1 saturated carbocycles. The zero-order valence-electron chi connectivity index (χ0n) is 15.1. The molecular formula is C20H21N3O4S. The molecule has 0 aromatic heterocycles. The first-order valence-corrected chi connectivity index (χ1v) is 10.7. The van der Waals surface area contributed by atoms with Gasteiger partial charge in [-0.15, -0.1) is 0 Å². The standard InChI is InChI=1S/C20H21N3O4S/c24-18-20(23-19(25)22-18)12-4-7-16(20)13-21-28(26,27)17-10-8-15(9-11-17)14-5-2-1-3-6-14/h1-3,5-6,8-11,16,21H,4,7,12-13H2,(H2,22,23,24,25). The van der Waals surface area contributed by atoms with Crippen LogP contribution < -0.4 is 15.4 Å². The second-order valence-electron chi connectivity index (χ2n) is 7.21. The Morgan fingerprint density at radius 2 is 1.68 bits per heavy atom. The van der Waals surface area contributed by atoms with Gasteiger partial charge in [0.15, 0.2) is 0 Å². The number of sulfonamides is 1. The Balaban J connectivity index is 1.47. The molecule has 3 amide bonds. The third-order valence-corrected chi connectivity index (χ3v) is 7.02. The summed E-state index contributed by atoms with van der Waals surface area (Å²) in [5.74, 6) is -0.649. The summed E-state index contributed by atoms with van der Waals surface area (Å²) in [5, 5.41) is 4.96. The minimum atomic E-state index is -3.72. The molecule has 0 bridgehead atoms. The van der Waals surface area contributed by atoms with Crippen LogP contribution in [0.3, 0.4) is 0 Å². The summed E-state index contributed by atoms with van der Waals surface area (Å²) < 4.78 is 28.0. The van der Waals surface area contributed by atoms with E-state index in [2.05, 4.69) is 15.4 Å². The Bertz CT molecular complexity index is 1010. The van der Waals surface area contributed by atoms with E-state index in [1.807, 2.05) is 30.3 Å². The molecule has 1 heterocycles. The highest BCUT2D eigenvalue weighted by Crippen LogP contribution is 2.37. The molecule has 146 valence electrons. The van der Waals surface area contributed by atoms with Crippen molar-refractivity contribution in [2.75, 3.05) is 6.54 Å². The van der Waals surface area contributed by atoms with Gasteiger partial charge >= 0.3 is 6.03 Å². The van der Waals surface area contributed by atoms with Crippen LogP contribution in [0.4, 0.5) is 4.79 Å². The highest BCUT2D eigenvalue weighted by molar-refractivity contribution is 7.89. The summed E-state index contributed by atoms with van der Waals surface area (Å²) in [7, 11) is -3.72. The zero-order chi connectivity index (χ0) is 19.8. The number of imide groups is 1. The normalized spacial score (nSPS) is 24.4. The molecule has 1 spiro atoms. The molecule has 2 atom stereocenters. The third kappa shape index (κ3) is 3.29. The fourth-order valence-electron chi connectivity index (χ4n) is 4.07. The summed E-state index contributed by atoms with van der Waals surface area (Å²) in [6.45, 7) is 0.0937. The van der Waals surface area contributed by atoms with E-state index in [9.17, 15) is 18.0 Å². The number of hydrogen-bond donors (Lipinski definition) is 3. The largest absolute Gasteiger partial charge is 0.323 e. The number of urea groups is 1. The first-order chi connectivity index (χ1) is 13.4. The van der Waals surface area contributed by atoms with E-state index in [1.54, 1.807) is 24.3 Å². The Kier molecular flexibility index (Phi) is 4.68. The van der Waals surface area contributed by atoms with Gasteiger partial charge in [0, 0.05) is 12.5 Å². The van der Waals surface area contributed by atoms with Gasteiger partial charge in [0.1, 0.15) is 5.54 Å². The van der Waals surface area contributed by atoms with E-state index in [-0.39, 0.29) is 23.3 Å². The lowest BCUT2D eigenvalue weighted by Crippen LogP contribution is -2.53. The van der Waals surface area contributed by atoms with E-state index in [0.29, 0.717) is 12.8 Å². The Hall–Kier alpha value is -2.71. The number of nitrogens with one attached hydrogen (secondary N) is 3. The predicted molar refractivity (Wildman–Crippen MR) is 104 cm³/mol. The fraction of sp³-hybridized carbons (Fsp3) is 0.300. The molecule has 2 unspecified atom stereocenters. The van der Waals surface area contributed by atoms with Crippen molar-refractivity contribution in [3.8, 4) is 11.1 Å². The molecular weight excluding hydrogens is 378 g/mol. The average molecular weight is 399 g/mol. The van der Waals surface area contributed by atoms with Crippen LogP contribution in [0.2, 0.25) is 0 Å². The second-order valence-corrected chi connectivity index (χ2v) is 8.98. The number of hydrogen-bond acceptors (Lipinski definition) is 4. The van der Waals surface area contributed by atoms with Gasteiger partial charge in [0.25, 0.3) is 5.91 Å². The SMILES string of the molecule is O=C1NC(=O)C2(CCCC2CNS(=O)(=O)c2ccc(-c3ccccc3)cc2)N1. The van der Waals surface area contributed by atoms with Crippen LogP contribution in [-0.4, -0.2) is 32.4 Å². The highest BCUT2D eigenvalue weighted by atomic mass is 32.2. The monoisotopic (exact) mass is 399 g/mol. The smallest absolute Gasteiger partial charge is 0.322 e. The maximum atomic E-state index is 12.7. The Labute approximate surface area is 163 Å². The zero-order valence-corrected chi connectivity index (χ0v) is 16.0. The quantitative estimate of drug-likeness (QED) is 0.669. The minimum Gasteiger partial charge on any atom is -0.323 e. The molecule has 7 nitrogen and oxygen atoms in total. The molecule has 4 rings (SSSR count). The van der Waals surface area contributed by atoms with Crippen LogP contribution in [-0.2, 0) is 14.8 Å². The van der Waals surface area contributed by atoms with Crippen LogP contribution in [0.5, 0.6) is 0 Å². The van der Waals surface area contributed by atoms with Crippen LogP contribution in [0, 0.1) is 5.92 Å². The summed E-state index contributed by atoms with van der Waals surface area (Å²) >= 11 is 0. The van der Waals surface area contributed by atoms with Gasteiger partial charge in [0.05, 0.1) is 4.90 Å². The molecule has 1 aliphatic carbocycles. The molecule has 2 aromatic carbocycles. The first-order valence-electron chi connectivity index (χ1n) is 9.19. The van der Waals surface area contributed by atoms with Crippen LogP contribution >= 0.6 is 0 Å². The molecule has 8 heteroatoms. The van der Waals surface area contributed by atoms with Crippen molar-refractivity contribution in [3.05, 3.63) is 54.6 Å². The van der Waals surface area contributed by atoms with Crippen LogP contribution in [0.15, 0.2) is 59.5 Å². The van der Waals surface area contributed by atoms with E-state index in [0.717, 1.165) is 17.5 Å². The molecule has 2 aromatic rings. The summed E-state index contributed by atoms with van der Waals surface area (Å²) in [6.07, 6.45) is 1.94.